The van der Waals surface area contributed by atoms with Gasteiger partial charge in [-0.05, 0) is 73.4 Å². The molecule has 0 radical (unpaired) electrons. The lowest BCUT2D eigenvalue weighted by Gasteiger charge is -2.12. The van der Waals surface area contributed by atoms with Crippen molar-refractivity contribution >= 4 is 77.5 Å². The fourth-order valence-electron chi connectivity index (χ4n) is 6.26. The van der Waals surface area contributed by atoms with Gasteiger partial charge in [-0.25, -0.2) is 0 Å². The Bertz CT molecular complexity index is 2290. The van der Waals surface area contributed by atoms with E-state index in [0.29, 0.717) is 11.8 Å². The lowest BCUT2D eigenvalue weighted by molar-refractivity contribution is 0.947. The summed E-state index contributed by atoms with van der Waals surface area (Å²) in [7, 11) is 0. The molecule has 6 heteroatoms. The Kier molecular flexibility index (Phi) is 6.09. The zero-order chi connectivity index (χ0) is 28.2. The van der Waals surface area contributed by atoms with Gasteiger partial charge in [0.1, 0.15) is 0 Å². The van der Waals surface area contributed by atoms with Crippen molar-refractivity contribution in [3.63, 3.8) is 0 Å². The monoisotopic (exact) mass is 580 g/mol. The van der Waals surface area contributed by atoms with E-state index in [1.165, 1.54) is 43.3 Å². The minimum absolute atomic E-state index is 0.169. The second-order valence-electron chi connectivity index (χ2n) is 10.4. The van der Waals surface area contributed by atoms with Gasteiger partial charge >= 0.3 is 0 Å². The first kappa shape index (κ1) is 25.3. The van der Waals surface area contributed by atoms with E-state index in [0.717, 1.165) is 33.5 Å². The molecule has 4 nitrogen and oxygen atoms in total. The Balaban J connectivity index is 1.37. The molecule has 42 heavy (non-hydrogen) atoms. The van der Waals surface area contributed by atoms with Crippen LogP contribution in [0.15, 0.2) is 109 Å². The van der Waals surface area contributed by atoms with E-state index < -0.39 is 0 Å². The summed E-state index contributed by atoms with van der Waals surface area (Å²) in [6, 6.07) is 38.5. The van der Waals surface area contributed by atoms with Gasteiger partial charge in [0.15, 0.2) is 5.82 Å². The van der Waals surface area contributed by atoms with Crippen molar-refractivity contribution in [2.45, 2.75) is 12.7 Å². The number of fused-ring (bicyclic) bond motifs is 9. The minimum atomic E-state index is 0.169. The average Bonchev–Trinajstić information content (AvgIpc) is 3.38. The number of aromatic nitrogens is 4. The van der Waals surface area contributed by atoms with Crippen LogP contribution < -0.4 is 0 Å². The lowest BCUT2D eigenvalue weighted by Crippen LogP contribution is -2.04. The van der Waals surface area contributed by atoms with Gasteiger partial charge in [-0.3, -0.25) is 4.57 Å². The van der Waals surface area contributed by atoms with E-state index in [-0.39, 0.29) is 5.28 Å². The van der Waals surface area contributed by atoms with Crippen LogP contribution >= 0.6 is 23.4 Å². The molecule has 0 aliphatic carbocycles. The summed E-state index contributed by atoms with van der Waals surface area (Å²) in [5.74, 6) is 3.08. The minimum Gasteiger partial charge on any atom is -0.278 e. The molecule has 0 aliphatic heterocycles. The molecule has 2 heterocycles. The molecule has 0 unspecified atom stereocenters. The third-order valence-corrected chi connectivity index (χ3v) is 9.14. The van der Waals surface area contributed by atoms with Crippen LogP contribution in [0, 0.1) is 0 Å². The summed E-state index contributed by atoms with van der Waals surface area (Å²) >= 11 is 8.55. The summed E-state index contributed by atoms with van der Waals surface area (Å²) < 4.78 is 2.12. The Morgan fingerprint density at radius 1 is 0.619 bits per heavy atom. The van der Waals surface area contributed by atoms with Crippen molar-refractivity contribution in [1.82, 2.24) is 19.5 Å². The van der Waals surface area contributed by atoms with Crippen LogP contribution in [0.5, 0.6) is 0 Å². The van der Waals surface area contributed by atoms with Crippen LogP contribution in [0.3, 0.4) is 0 Å². The molecule has 0 saturated carbocycles. The third-order valence-electron chi connectivity index (χ3n) is 8.04. The molecule has 0 aliphatic rings. The van der Waals surface area contributed by atoms with Gasteiger partial charge in [0.05, 0.1) is 11.0 Å². The predicted molar refractivity (Wildman–Crippen MR) is 179 cm³/mol. The van der Waals surface area contributed by atoms with Crippen molar-refractivity contribution < 1.29 is 0 Å². The molecule has 0 saturated heterocycles. The van der Waals surface area contributed by atoms with Crippen molar-refractivity contribution in [2.24, 2.45) is 0 Å². The maximum absolute atomic E-state index is 6.63. The normalized spacial score (nSPS) is 11.9. The summed E-state index contributed by atoms with van der Waals surface area (Å²) in [6.45, 7) is 2.19. The standard InChI is InChI=1S/C36H25ClN4S/c1-2-42-21-23-10-9-17-32-33(23)29-15-7-8-16-31(29)41(32)36-39-34(38-35(37)40-36)22-18-19-28-26-13-4-3-11-24(26)25-12-5-6-14-27(25)30(28)20-22/h3-20H,2,21H2,1H3. The SMILES string of the molecule is CCSCc1cccc2c1c1ccccc1n2-c1nc(Cl)nc(-c2ccc3c4ccccc4c4ccccc4c3c2)n1. The maximum atomic E-state index is 6.63. The Labute approximate surface area is 252 Å². The third kappa shape index (κ3) is 3.96. The number of thioether (sulfide) groups is 1. The van der Waals surface area contributed by atoms with Gasteiger partial charge in [0.2, 0.25) is 11.2 Å². The fourth-order valence-corrected chi connectivity index (χ4v) is 7.08. The zero-order valence-electron chi connectivity index (χ0n) is 22.9. The predicted octanol–water partition coefficient (Wildman–Crippen LogP) is 10.0. The van der Waals surface area contributed by atoms with Crippen molar-refractivity contribution in [3.05, 3.63) is 120 Å². The lowest BCUT2D eigenvalue weighted by atomic mass is 9.93. The van der Waals surface area contributed by atoms with Crippen LogP contribution in [-0.4, -0.2) is 25.3 Å². The molecule has 0 spiro atoms. The highest BCUT2D eigenvalue weighted by atomic mass is 35.5. The van der Waals surface area contributed by atoms with E-state index >= 15 is 0 Å². The van der Waals surface area contributed by atoms with Crippen molar-refractivity contribution in [1.29, 1.82) is 0 Å². The van der Waals surface area contributed by atoms with Crippen molar-refractivity contribution in [2.75, 3.05) is 5.75 Å². The molecule has 8 rings (SSSR count). The number of hydrogen-bond donors (Lipinski definition) is 0. The quantitative estimate of drug-likeness (QED) is 0.190. The molecule has 0 bridgehead atoms. The van der Waals surface area contributed by atoms with Gasteiger partial charge in [0, 0.05) is 22.1 Å². The Hall–Kier alpha value is -4.45. The van der Waals surface area contributed by atoms with E-state index in [2.05, 4.69) is 131 Å². The van der Waals surface area contributed by atoms with Gasteiger partial charge in [-0.2, -0.15) is 26.7 Å². The largest absolute Gasteiger partial charge is 0.278 e. The molecule has 0 N–H and O–H groups in total. The number of rotatable bonds is 5. The number of para-hydroxylation sites is 1. The molecule has 0 amide bonds. The van der Waals surface area contributed by atoms with Gasteiger partial charge in [0.25, 0.3) is 0 Å². The number of benzene rings is 6. The smallest absolute Gasteiger partial charge is 0.239 e. The molecular formula is C36H25ClN4S. The van der Waals surface area contributed by atoms with Crippen LogP contribution in [0.2, 0.25) is 5.28 Å². The van der Waals surface area contributed by atoms with E-state index in [1.54, 1.807) is 0 Å². The first-order chi connectivity index (χ1) is 20.7. The second kappa shape index (κ2) is 10.1. The molecule has 2 aromatic heterocycles. The fraction of sp³-hybridized carbons (Fsp3) is 0.0833. The first-order valence-electron chi connectivity index (χ1n) is 14.1. The molecular weight excluding hydrogens is 556 g/mol. The highest BCUT2D eigenvalue weighted by molar-refractivity contribution is 7.98. The average molecular weight is 581 g/mol. The zero-order valence-corrected chi connectivity index (χ0v) is 24.5. The van der Waals surface area contributed by atoms with Crippen LogP contribution in [-0.2, 0) is 5.75 Å². The van der Waals surface area contributed by atoms with E-state index in [4.69, 9.17) is 16.6 Å². The molecule has 0 fully saturated rings. The second-order valence-corrected chi connectivity index (χ2v) is 12.0. The van der Waals surface area contributed by atoms with Crippen LogP contribution in [0.4, 0.5) is 0 Å². The number of hydrogen-bond acceptors (Lipinski definition) is 4. The summed E-state index contributed by atoms with van der Waals surface area (Å²) in [5, 5.41) is 9.86. The van der Waals surface area contributed by atoms with Crippen molar-refractivity contribution in [3.8, 4) is 17.3 Å². The van der Waals surface area contributed by atoms with Gasteiger partial charge in [-0.1, -0.05) is 97.9 Å². The summed E-state index contributed by atoms with van der Waals surface area (Å²) in [5.41, 5.74) is 4.32. The number of nitrogens with zero attached hydrogens (tertiary/aromatic N) is 4. The Morgan fingerprint density at radius 3 is 1.95 bits per heavy atom. The topological polar surface area (TPSA) is 43.6 Å². The molecule has 202 valence electrons. The number of halogens is 1. The first-order valence-corrected chi connectivity index (χ1v) is 15.6. The highest BCUT2D eigenvalue weighted by Crippen LogP contribution is 2.38. The summed E-state index contributed by atoms with van der Waals surface area (Å²) in [4.78, 5) is 14.3. The van der Waals surface area contributed by atoms with E-state index in [9.17, 15) is 0 Å². The van der Waals surface area contributed by atoms with E-state index in [1.807, 2.05) is 11.8 Å². The Morgan fingerprint density at radius 2 is 1.24 bits per heavy atom. The molecule has 0 atom stereocenters. The molecule has 8 aromatic rings. The van der Waals surface area contributed by atoms with Gasteiger partial charge in [-0.15, -0.1) is 0 Å². The highest BCUT2D eigenvalue weighted by Gasteiger charge is 2.19. The van der Waals surface area contributed by atoms with Crippen LogP contribution in [0.25, 0.3) is 71.5 Å². The van der Waals surface area contributed by atoms with Crippen LogP contribution in [0.1, 0.15) is 12.5 Å². The van der Waals surface area contributed by atoms with Gasteiger partial charge < -0.3 is 0 Å². The maximum Gasteiger partial charge on any atom is 0.239 e. The summed E-state index contributed by atoms with van der Waals surface area (Å²) in [6.07, 6.45) is 0. The molecule has 6 aromatic carbocycles.